The number of amides is 1. The van der Waals surface area contributed by atoms with Gasteiger partial charge in [-0.25, -0.2) is 0 Å². The van der Waals surface area contributed by atoms with Crippen molar-refractivity contribution in [3.8, 4) is 0 Å². The first-order valence-electron chi connectivity index (χ1n) is 3.97. The highest BCUT2D eigenvalue weighted by atomic mass is 127. The fourth-order valence-corrected chi connectivity index (χ4v) is 1.32. The number of rotatable bonds is 3. The van der Waals surface area contributed by atoms with E-state index < -0.39 is 0 Å². The van der Waals surface area contributed by atoms with Crippen LogP contribution in [0.5, 0.6) is 0 Å². The van der Waals surface area contributed by atoms with Crippen LogP contribution in [-0.2, 0) is 0 Å². The van der Waals surface area contributed by atoms with Gasteiger partial charge >= 0.3 is 0 Å². The minimum atomic E-state index is -0.111. The van der Waals surface area contributed by atoms with Crippen molar-refractivity contribution < 1.29 is 4.79 Å². The number of aromatic amines is 1. The molecule has 0 aliphatic rings. The number of aromatic nitrogens is 1. The van der Waals surface area contributed by atoms with Crippen LogP contribution in [0.25, 0.3) is 0 Å². The first kappa shape index (κ1) is 10.5. The van der Waals surface area contributed by atoms with Crippen LogP contribution in [0.2, 0.25) is 0 Å². The number of halogens is 1. The number of carbonyl (C=O) groups is 1. The molecule has 0 radical (unpaired) electrons. The van der Waals surface area contributed by atoms with E-state index in [4.69, 9.17) is 5.73 Å². The van der Waals surface area contributed by atoms with Crippen molar-refractivity contribution in [1.29, 1.82) is 0 Å². The summed E-state index contributed by atoms with van der Waals surface area (Å²) >= 11 is 2.14. The lowest BCUT2D eigenvalue weighted by Crippen LogP contribution is -2.35. The van der Waals surface area contributed by atoms with Crippen molar-refractivity contribution in [3.63, 3.8) is 0 Å². The third-order valence-corrected chi connectivity index (χ3v) is 2.10. The van der Waals surface area contributed by atoms with Crippen LogP contribution in [-0.4, -0.2) is 23.5 Å². The maximum Gasteiger partial charge on any atom is 0.267 e. The number of carbonyl (C=O) groups excluding carboxylic acids is 1. The van der Waals surface area contributed by atoms with Gasteiger partial charge in [-0.1, -0.05) is 0 Å². The largest absolute Gasteiger partial charge is 0.356 e. The van der Waals surface area contributed by atoms with Crippen molar-refractivity contribution >= 4 is 28.5 Å². The van der Waals surface area contributed by atoms with Gasteiger partial charge in [-0.05, 0) is 35.6 Å². The average Bonchev–Trinajstić information content (AvgIpc) is 2.47. The Hall–Kier alpha value is -0.560. The Labute approximate surface area is 90.4 Å². The SMILES string of the molecule is CC(N)CNC(=O)c1cc(I)c[nH]1. The molecule has 4 N–H and O–H groups in total. The second-order valence-electron chi connectivity index (χ2n) is 2.92. The molecule has 72 valence electrons. The molecule has 0 aliphatic heterocycles. The third-order valence-electron chi connectivity index (χ3n) is 1.48. The molecule has 1 aromatic rings. The highest BCUT2D eigenvalue weighted by molar-refractivity contribution is 14.1. The molecule has 1 aromatic heterocycles. The topological polar surface area (TPSA) is 70.9 Å². The van der Waals surface area contributed by atoms with Crippen LogP contribution >= 0.6 is 22.6 Å². The number of hydrogen-bond donors (Lipinski definition) is 3. The third kappa shape index (κ3) is 3.35. The number of nitrogens with two attached hydrogens (primary N) is 1. The number of H-pyrrole nitrogens is 1. The van der Waals surface area contributed by atoms with E-state index in [1.807, 2.05) is 6.92 Å². The maximum atomic E-state index is 11.4. The first-order chi connectivity index (χ1) is 6.09. The van der Waals surface area contributed by atoms with Crippen LogP contribution in [0, 0.1) is 3.57 Å². The van der Waals surface area contributed by atoms with Crippen LogP contribution < -0.4 is 11.1 Å². The minimum Gasteiger partial charge on any atom is -0.356 e. The Morgan fingerprint density at radius 1 is 1.85 bits per heavy atom. The lowest BCUT2D eigenvalue weighted by atomic mass is 10.3. The highest BCUT2D eigenvalue weighted by Gasteiger charge is 2.07. The number of hydrogen-bond acceptors (Lipinski definition) is 2. The molecule has 13 heavy (non-hydrogen) atoms. The van der Waals surface area contributed by atoms with E-state index in [0.29, 0.717) is 12.2 Å². The van der Waals surface area contributed by atoms with E-state index in [2.05, 4.69) is 32.9 Å². The molecule has 4 nitrogen and oxygen atoms in total. The van der Waals surface area contributed by atoms with Gasteiger partial charge in [0.05, 0.1) is 0 Å². The molecule has 1 amide bonds. The molecule has 1 unspecified atom stereocenters. The molecule has 0 spiro atoms. The van der Waals surface area contributed by atoms with Crippen molar-refractivity contribution in [2.45, 2.75) is 13.0 Å². The van der Waals surface area contributed by atoms with Gasteiger partial charge in [0.25, 0.3) is 5.91 Å². The van der Waals surface area contributed by atoms with Gasteiger partial charge in [0.1, 0.15) is 5.69 Å². The predicted octanol–water partition coefficient (Wildman–Crippen LogP) is 0.696. The molecule has 0 saturated carbocycles. The Morgan fingerprint density at radius 3 is 3.00 bits per heavy atom. The summed E-state index contributed by atoms with van der Waals surface area (Å²) in [5, 5.41) is 2.71. The summed E-state index contributed by atoms with van der Waals surface area (Å²) in [5.41, 5.74) is 6.07. The Morgan fingerprint density at radius 2 is 2.54 bits per heavy atom. The van der Waals surface area contributed by atoms with Crippen molar-refractivity contribution in [1.82, 2.24) is 10.3 Å². The van der Waals surface area contributed by atoms with Gasteiger partial charge in [-0.15, -0.1) is 0 Å². The predicted molar refractivity (Wildman–Crippen MR) is 59.5 cm³/mol. The van der Waals surface area contributed by atoms with E-state index in [-0.39, 0.29) is 11.9 Å². The van der Waals surface area contributed by atoms with Crippen molar-refractivity contribution in [2.24, 2.45) is 5.73 Å². The molecular formula is C8H12IN3O. The van der Waals surface area contributed by atoms with Gasteiger partial charge in [-0.2, -0.15) is 0 Å². The summed E-state index contributed by atoms with van der Waals surface area (Å²) in [7, 11) is 0. The molecular weight excluding hydrogens is 281 g/mol. The second kappa shape index (κ2) is 4.61. The molecule has 0 saturated heterocycles. The summed E-state index contributed by atoms with van der Waals surface area (Å²) in [5.74, 6) is -0.111. The molecule has 0 bridgehead atoms. The highest BCUT2D eigenvalue weighted by Crippen LogP contribution is 2.05. The standard InChI is InChI=1S/C8H12IN3O/c1-5(10)3-12-8(13)7-2-6(9)4-11-7/h2,4-5,11H,3,10H2,1H3,(H,12,13). The van der Waals surface area contributed by atoms with E-state index in [1.54, 1.807) is 12.3 Å². The van der Waals surface area contributed by atoms with Crippen LogP contribution in [0.15, 0.2) is 12.3 Å². The second-order valence-corrected chi connectivity index (χ2v) is 4.16. The number of nitrogens with one attached hydrogen (secondary N) is 2. The zero-order valence-corrected chi connectivity index (χ0v) is 9.46. The Bertz CT molecular complexity index is 295. The van der Waals surface area contributed by atoms with Gasteiger partial charge in [0, 0.05) is 22.4 Å². The molecule has 0 aromatic carbocycles. The van der Waals surface area contributed by atoms with E-state index >= 15 is 0 Å². The molecule has 0 fully saturated rings. The lowest BCUT2D eigenvalue weighted by molar-refractivity contribution is 0.0947. The van der Waals surface area contributed by atoms with Gasteiger partial charge < -0.3 is 16.0 Å². The molecule has 5 heteroatoms. The summed E-state index contributed by atoms with van der Waals surface area (Å²) < 4.78 is 1.02. The zero-order chi connectivity index (χ0) is 9.84. The summed E-state index contributed by atoms with van der Waals surface area (Å²) in [6.07, 6.45) is 1.78. The van der Waals surface area contributed by atoms with Crippen LogP contribution in [0.3, 0.4) is 0 Å². The molecule has 1 atom stereocenters. The van der Waals surface area contributed by atoms with Crippen molar-refractivity contribution in [3.05, 3.63) is 21.5 Å². The summed E-state index contributed by atoms with van der Waals surface area (Å²) in [6.45, 7) is 2.34. The monoisotopic (exact) mass is 293 g/mol. The van der Waals surface area contributed by atoms with Gasteiger partial charge in [0.15, 0.2) is 0 Å². The van der Waals surface area contributed by atoms with Crippen molar-refractivity contribution in [2.75, 3.05) is 6.54 Å². The molecule has 0 aliphatic carbocycles. The van der Waals surface area contributed by atoms with Crippen LogP contribution in [0.4, 0.5) is 0 Å². The Balaban J connectivity index is 2.49. The molecule has 1 rings (SSSR count). The van der Waals surface area contributed by atoms with E-state index in [1.165, 1.54) is 0 Å². The summed E-state index contributed by atoms with van der Waals surface area (Å²) in [4.78, 5) is 14.2. The quantitative estimate of drug-likeness (QED) is 0.718. The lowest BCUT2D eigenvalue weighted by Gasteiger charge is -2.05. The zero-order valence-electron chi connectivity index (χ0n) is 7.30. The normalized spacial score (nSPS) is 12.5. The minimum absolute atomic E-state index is 0.0158. The maximum absolute atomic E-state index is 11.4. The van der Waals surface area contributed by atoms with E-state index in [9.17, 15) is 4.79 Å². The molecule has 1 heterocycles. The Kier molecular flexibility index (Phi) is 3.73. The van der Waals surface area contributed by atoms with Gasteiger partial charge in [-0.3, -0.25) is 4.79 Å². The van der Waals surface area contributed by atoms with Gasteiger partial charge in [0.2, 0.25) is 0 Å². The van der Waals surface area contributed by atoms with Crippen LogP contribution in [0.1, 0.15) is 17.4 Å². The van der Waals surface area contributed by atoms with E-state index in [0.717, 1.165) is 3.57 Å². The fraction of sp³-hybridized carbons (Fsp3) is 0.375. The average molecular weight is 293 g/mol. The smallest absolute Gasteiger partial charge is 0.267 e. The first-order valence-corrected chi connectivity index (χ1v) is 5.05. The fourth-order valence-electron chi connectivity index (χ4n) is 0.848. The summed E-state index contributed by atoms with van der Waals surface area (Å²) in [6, 6.07) is 1.77.